The van der Waals surface area contributed by atoms with Crippen LogP contribution in [0.25, 0.3) is 0 Å². The molecule has 0 fully saturated rings. The Bertz CT molecular complexity index is 154. The zero-order valence-electron chi connectivity index (χ0n) is 6.16. The van der Waals surface area contributed by atoms with Crippen LogP contribution in [0.1, 0.15) is 20.3 Å². The summed E-state index contributed by atoms with van der Waals surface area (Å²) in [6.45, 7) is 3.67. The van der Waals surface area contributed by atoms with Gasteiger partial charge in [-0.15, -0.1) is 0 Å². The number of nitrogens with zero attached hydrogens (tertiary/aromatic N) is 1. The topological polar surface area (TPSA) is 75.7 Å². The van der Waals surface area contributed by atoms with Gasteiger partial charge in [-0.05, 0) is 6.42 Å². The van der Waals surface area contributed by atoms with Gasteiger partial charge in [-0.1, -0.05) is 19.0 Å². The fourth-order valence-corrected chi connectivity index (χ4v) is 0.584. The van der Waals surface area contributed by atoms with Crippen molar-refractivity contribution in [3.63, 3.8) is 0 Å². The molecule has 3 N–H and O–H groups in total. The molecule has 0 aromatic heterocycles. The standard InChI is InChI=1S/C6H12N2O2/c1-3-4(2)5(8-10)6(7)9/h4,10H,3H2,1-2H3,(H2,7,9)/b8-5-. The van der Waals surface area contributed by atoms with Crippen molar-refractivity contribution in [2.24, 2.45) is 16.8 Å². The minimum absolute atomic E-state index is 0.0440. The van der Waals surface area contributed by atoms with Gasteiger partial charge in [-0.2, -0.15) is 0 Å². The van der Waals surface area contributed by atoms with Crippen LogP contribution < -0.4 is 5.73 Å². The Kier molecular flexibility index (Phi) is 3.46. The summed E-state index contributed by atoms with van der Waals surface area (Å²) >= 11 is 0. The van der Waals surface area contributed by atoms with Gasteiger partial charge in [0.05, 0.1) is 0 Å². The molecule has 1 atom stereocenters. The van der Waals surface area contributed by atoms with Gasteiger partial charge in [0, 0.05) is 5.92 Å². The Morgan fingerprint density at radius 3 is 2.40 bits per heavy atom. The molecule has 0 aliphatic rings. The summed E-state index contributed by atoms with van der Waals surface area (Å²) in [6, 6.07) is 0. The molecular formula is C6H12N2O2. The molecule has 0 aliphatic heterocycles. The lowest BCUT2D eigenvalue weighted by atomic mass is 10.0. The van der Waals surface area contributed by atoms with Gasteiger partial charge in [0.1, 0.15) is 5.71 Å². The highest BCUT2D eigenvalue weighted by atomic mass is 16.4. The number of hydrogen-bond donors (Lipinski definition) is 2. The predicted octanol–water partition coefficient (Wildman–Crippen LogP) is 0.348. The lowest BCUT2D eigenvalue weighted by molar-refractivity contribution is -0.112. The summed E-state index contributed by atoms with van der Waals surface area (Å²) < 4.78 is 0. The summed E-state index contributed by atoms with van der Waals surface area (Å²) in [5.74, 6) is -0.723. The van der Waals surface area contributed by atoms with Gasteiger partial charge in [-0.3, -0.25) is 4.79 Å². The van der Waals surface area contributed by atoms with Gasteiger partial charge < -0.3 is 10.9 Å². The Balaban J connectivity index is 4.23. The highest BCUT2D eigenvalue weighted by Gasteiger charge is 2.14. The summed E-state index contributed by atoms with van der Waals surface area (Å²) in [5.41, 5.74) is 4.94. The molecule has 0 saturated heterocycles. The number of carbonyl (C=O) groups is 1. The molecule has 1 amide bonds. The molecule has 0 saturated carbocycles. The van der Waals surface area contributed by atoms with Crippen LogP contribution in [0.5, 0.6) is 0 Å². The van der Waals surface area contributed by atoms with Gasteiger partial charge in [-0.25, -0.2) is 0 Å². The van der Waals surface area contributed by atoms with E-state index in [9.17, 15) is 4.79 Å². The molecule has 4 heteroatoms. The first-order chi connectivity index (χ1) is 4.63. The quantitative estimate of drug-likeness (QED) is 0.340. The molecule has 1 unspecified atom stereocenters. The minimum atomic E-state index is -0.656. The van der Waals surface area contributed by atoms with Gasteiger partial charge in [0.2, 0.25) is 0 Å². The Morgan fingerprint density at radius 2 is 2.30 bits per heavy atom. The minimum Gasteiger partial charge on any atom is -0.410 e. The number of rotatable bonds is 3. The number of amides is 1. The van der Waals surface area contributed by atoms with Gasteiger partial charge in [0.25, 0.3) is 5.91 Å². The molecule has 0 rings (SSSR count). The second kappa shape index (κ2) is 3.87. The van der Waals surface area contributed by atoms with Crippen LogP contribution in [0.2, 0.25) is 0 Å². The average molecular weight is 144 g/mol. The summed E-state index contributed by atoms with van der Waals surface area (Å²) in [4.78, 5) is 10.5. The third-order valence-electron chi connectivity index (χ3n) is 1.44. The molecule has 0 aliphatic carbocycles. The lowest BCUT2D eigenvalue weighted by Crippen LogP contribution is -2.28. The first-order valence-corrected chi connectivity index (χ1v) is 3.15. The maximum absolute atomic E-state index is 10.5. The van der Waals surface area contributed by atoms with Crippen LogP contribution in [0.15, 0.2) is 5.16 Å². The normalized spacial score (nSPS) is 14.8. The fraction of sp³-hybridized carbons (Fsp3) is 0.667. The van der Waals surface area contributed by atoms with E-state index in [2.05, 4.69) is 5.16 Å². The highest BCUT2D eigenvalue weighted by molar-refractivity contribution is 6.38. The molecule has 10 heavy (non-hydrogen) atoms. The van der Waals surface area contributed by atoms with E-state index < -0.39 is 5.91 Å². The summed E-state index contributed by atoms with van der Waals surface area (Å²) in [6.07, 6.45) is 0.738. The highest BCUT2D eigenvalue weighted by Crippen LogP contribution is 2.02. The van der Waals surface area contributed by atoms with Crippen molar-refractivity contribution in [3.05, 3.63) is 0 Å². The van der Waals surface area contributed by atoms with Crippen LogP contribution in [0, 0.1) is 5.92 Å². The largest absolute Gasteiger partial charge is 0.410 e. The Hall–Kier alpha value is -1.06. The number of hydrogen-bond acceptors (Lipinski definition) is 3. The number of nitrogens with two attached hydrogens (primary N) is 1. The van der Waals surface area contributed by atoms with Crippen molar-refractivity contribution >= 4 is 11.6 Å². The van der Waals surface area contributed by atoms with E-state index in [1.54, 1.807) is 6.92 Å². The number of oxime groups is 1. The van der Waals surface area contributed by atoms with Crippen LogP contribution in [0.4, 0.5) is 0 Å². The Morgan fingerprint density at radius 1 is 1.80 bits per heavy atom. The van der Waals surface area contributed by atoms with Gasteiger partial charge in [0.15, 0.2) is 0 Å². The van der Waals surface area contributed by atoms with Crippen LogP contribution >= 0.6 is 0 Å². The lowest BCUT2D eigenvalue weighted by Gasteiger charge is -2.05. The van der Waals surface area contributed by atoms with Crippen molar-refractivity contribution in [1.82, 2.24) is 0 Å². The SMILES string of the molecule is CCC(C)/C(=N/O)C(N)=O. The van der Waals surface area contributed by atoms with Crippen LogP contribution in [0.3, 0.4) is 0 Å². The fourth-order valence-electron chi connectivity index (χ4n) is 0.584. The maximum atomic E-state index is 10.5. The average Bonchev–Trinajstić information content (AvgIpc) is 1.88. The number of carbonyl (C=O) groups excluding carboxylic acids is 1. The van der Waals surface area contributed by atoms with Crippen LogP contribution in [-0.2, 0) is 4.79 Å². The molecule has 0 aromatic rings. The predicted molar refractivity (Wildman–Crippen MR) is 37.9 cm³/mol. The second-order valence-corrected chi connectivity index (χ2v) is 2.16. The van der Waals surface area contributed by atoms with E-state index in [0.29, 0.717) is 0 Å². The van der Waals surface area contributed by atoms with E-state index in [-0.39, 0.29) is 11.6 Å². The van der Waals surface area contributed by atoms with E-state index >= 15 is 0 Å². The van der Waals surface area contributed by atoms with Crippen molar-refractivity contribution in [3.8, 4) is 0 Å². The van der Waals surface area contributed by atoms with Crippen molar-refractivity contribution in [1.29, 1.82) is 0 Å². The number of primary amides is 1. The first-order valence-electron chi connectivity index (χ1n) is 3.15. The second-order valence-electron chi connectivity index (χ2n) is 2.16. The molecule has 4 nitrogen and oxygen atoms in total. The summed E-state index contributed by atoms with van der Waals surface area (Å²) in [5, 5.41) is 11.1. The molecule has 0 heterocycles. The van der Waals surface area contributed by atoms with E-state index in [0.717, 1.165) is 6.42 Å². The third-order valence-corrected chi connectivity index (χ3v) is 1.44. The molecule has 0 spiro atoms. The molecule has 0 radical (unpaired) electrons. The van der Waals surface area contributed by atoms with E-state index in [1.165, 1.54) is 0 Å². The van der Waals surface area contributed by atoms with Gasteiger partial charge >= 0.3 is 0 Å². The zero-order valence-corrected chi connectivity index (χ0v) is 6.16. The van der Waals surface area contributed by atoms with Crippen molar-refractivity contribution < 1.29 is 10.0 Å². The van der Waals surface area contributed by atoms with Crippen molar-refractivity contribution in [2.45, 2.75) is 20.3 Å². The van der Waals surface area contributed by atoms with Crippen molar-refractivity contribution in [2.75, 3.05) is 0 Å². The van der Waals surface area contributed by atoms with E-state index in [1.807, 2.05) is 6.92 Å². The Labute approximate surface area is 59.7 Å². The summed E-state index contributed by atoms with van der Waals surface area (Å²) in [7, 11) is 0. The first kappa shape index (κ1) is 8.94. The maximum Gasteiger partial charge on any atom is 0.266 e. The molecule has 0 bridgehead atoms. The molecule has 0 aromatic carbocycles. The third kappa shape index (κ3) is 2.05. The smallest absolute Gasteiger partial charge is 0.266 e. The molecular weight excluding hydrogens is 132 g/mol. The zero-order chi connectivity index (χ0) is 8.15. The van der Waals surface area contributed by atoms with Crippen LogP contribution in [-0.4, -0.2) is 16.8 Å². The molecule has 58 valence electrons. The monoisotopic (exact) mass is 144 g/mol. The van der Waals surface area contributed by atoms with E-state index in [4.69, 9.17) is 10.9 Å².